The first-order chi connectivity index (χ1) is 13.3. The highest BCUT2D eigenvalue weighted by Crippen LogP contribution is 2.41. The van der Waals surface area contributed by atoms with Gasteiger partial charge < -0.3 is 10.6 Å². The average Bonchev–Trinajstić information content (AvgIpc) is 3.12. The molecule has 28 heavy (non-hydrogen) atoms. The molecule has 1 unspecified atom stereocenters. The van der Waals surface area contributed by atoms with Gasteiger partial charge in [0.25, 0.3) is 5.56 Å². The van der Waals surface area contributed by atoms with Gasteiger partial charge in [-0.15, -0.1) is 0 Å². The Labute approximate surface area is 171 Å². The molecule has 0 saturated carbocycles. The molecule has 1 fully saturated rings. The summed E-state index contributed by atoms with van der Waals surface area (Å²) in [6.45, 7) is 3.04. The number of hydrogen-bond donors (Lipinski definition) is 2. The maximum Gasteiger partial charge on any atom is 0.274 e. The lowest BCUT2D eigenvalue weighted by atomic mass is 9.87. The van der Waals surface area contributed by atoms with E-state index in [9.17, 15) is 9.18 Å². The zero-order valence-corrected chi connectivity index (χ0v) is 17.0. The molecule has 0 radical (unpaired) electrons. The van der Waals surface area contributed by atoms with E-state index in [0.717, 1.165) is 11.1 Å². The van der Waals surface area contributed by atoms with Crippen molar-refractivity contribution in [2.45, 2.75) is 18.9 Å². The van der Waals surface area contributed by atoms with E-state index in [4.69, 9.17) is 23.2 Å². The first-order valence-corrected chi connectivity index (χ1v) is 9.68. The number of anilines is 1. The van der Waals surface area contributed by atoms with Gasteiger partial charge in [-0.25, -0.2) is 9.07 Å². The molecule has 1 atom stereocenters. The maximum absolute atomic E-state index is 14.8. The molecule has 2 N–H and O–H groups in total. The highest BCUT2D eigenvalue weighted by atomic mass is 35.5. The van der Waals surface area contributed by atoms with Gasteiger partial charge in [0.1, 0.15) is 5.82 Å². The van der Waals surface area contributed by atoms with Crippen molar-refractivity contribution in [3.8, 4) is 0 Å². The third-order valence-electron chi connectivity index (χ3n) is 5.30. The second kappa shape index (κ2) is 7.03. The summed E-state index contributed by atoms with van der Waals surface area (Å²) in [5.41, 5.74) is 0.854. The number of aromatic nitrogens is 2. The Kier molecular flexibility index (Phi) is 4.81. The standard InChI is InChI=1S/C20H19Cl2FN4O/c1-11-13-4-3-12(9-14(13)19(28)27(2)26-11)25-20(7-8-24-10-20)17-16(23)6-5-15(21)18(17)22/h3-6,9,24-25H,7-8,10H2,1-2H3. The van der Waals surface area contributed by atoms with Crippen LogP contribution in [-0.2, 0) is 12.6 Å². The Morgan fingerprint density at radius 3 is 2.75 bits per heavy atom. The van der Waals surface area contributed by atoms with Crippen molar-refractivity contribution < 1.29 is 4.39 Å². The van der Waals surface area contributed by atoms with Crippen LogP contribution in [0.2, 0.25) is 10.0 Å². The van der Waals surface area contributed by atoms with Crippen LogP contribution >= 0.6 is 23.2 Å². The quantitative estimate of drug-likeness (QED) is 0.628. The molecular formula is C20H19Cl2FN4O. The van der Waals surface area contributed by atoms with Crippen LogP contribution in [-0.4, -0.2) is 22.9 Å². The van der Waals surface area contributed by atoms with Gasteiger partial charge in [-0.2, -0.15) is 5.10 Å². The fourth-order valence-corrected chi connectivity index (χ4v) is 4.42. The minimum Gasteiger partial charge on any atom is -0.374 e. The molecule has 0 spiro atoms. The summed E-state index contributed by atoms with van der Waals surface area (Å²) in [7, 11) is 1.62. The van der Waals surface area contributed by atoms with Crippen molar-refractivity contribution in [3.05, 3.63) is 67.8 Å². The molecule has 0 bridgehead atoms. The van der Waals surface area contributed by atoms with Gasteiger partial charge in [-0.05, 0) is 44.2 Å². The minimum atomic E-state index is -0.771. The van der Waals surface area contributed by atoms with Gasteiger partial charge in [-0.3, -0.25) is 4.79 Å². The van der Waals surface area contributed by atoms with E-state index < -0.39 is 11.4 Å². The van der Waals surface area contributed by atoms with Crippen molar-refractivity contribution in [2.24, 2.45) is 7.05 Å². The van der Waals surface area contributed by atoms with E-state index in [0.29, 0.717) is 41.2 Å². The Bertz CT molecular complexity index is 1140. The van der Waals surface area contributed by atoms with Crippen LogP contribution in [0.25, 0.3) is 10.8 Å². The fourth-order valence-electron chi connectivity index (χ4n) is 3.93. The summed E-state index contributed by atoms with van der Waals surface area (Å²) in [5.74, 6) is -0.414. The fraction of sp³-hybridized carbons (Fsp3) is 0.300. The predicted molar refractivity (Wildman–Crippen MR) is 111 cm³/mol. The van der Waals surface area contributed by atoms with E-state index in [-0.39, 0.29) is 10.6 Å². The largest absolute Gasteiger partial charge is 0.374 e. The molecule has 8 heteroatoms. The summed E-state index contributed by atoms with van der Waals surface area (Å²) in [6, 6.07) is 8.29. The lowest BCUT2D eigenvalue weighted by Gasteiger charge is -2.33. The Morgan fingerprint density at radius 2 is 2.04 bits per heavy atom. The van der Waals surface area contributed by atoms with Crippen molar-refractivity contribution in [2.75, 3.05) is 18.4 Å². The molecule has 0 aliphatic carbocycles. The number of nitrogens with zero attached hydrogens (tertiary/aromatic N) is 2. The summed E-state index contributed by atoms with van der Waals surface area (Å²) in [4.78, 5) is 12.5. The van der Waals surface area contributed by atoms with Crippen LogP contribution < -0.4 is 16.2 Å². The zero-order chi connectivity index (χ0) is 20.1. The van der Waals surface area contributed by atoms with Crippen molar-refractivity contribution >= 4 is 39.7 Å². The van der Waals surface area contributed by atoms with Crippen molar-refractivity contribution in [1.29, 1.82) is 0 Å². The van der Waals surface area contributed by atoms with Crippen LogP contribution in [0, 0.1) is 12.7 Å². The molecule has 1 aliphatic rings. The smallest absolute Gasteiger partial charge is 0.274 e. The van der Waals surface area contributed by atoms with Gasteiger partial charge in [0.2, 0.25) is 0 Å². The number of benzene rings is 2. The van der Waals surface area contributed by atoms with E-state index in [1.807, 2.05) is 19.1 Å². The third kappa shape index (κ3) is 3.05. The van der Waals surface area contributed by atoms with E-state index in [1.165, 1.54) is 16.8 Å². The number of rotatable bonds is 3. The second-order valence-electron chi connectivity index (χ2n) is 7.13. The maximum atomic E-state index is 14.8. The molecule has 2 aromatic carbocycles. The van der Waals surface area contributed by atoms with Gasteiger partial charge in [0.05, 0.1) is 26.7 Å². The molecule has 1 aromatic heterocycles. The van der Waals surface area contributed by atoms with Crippen molar-refractivity contribution in [1.82, 2.24) is 15.1 Å². The number of hydrogen-bond acceptors (Lipinski definition) is 4. The lowest BCUT2D eigenvalue weighted by molar-refractivity contribution is 0.496. The van der Waals surface area contributed by atoms with Crippen LogP contribution in [0.4, 0.5) is 10.1 Å². The van der Waals surface area contributed by atoms with Gasteiger partial charge in [-0.1, -0.05) is 29.3 Å². The van der Waals surface area contributed by atoms with Crippen LogP contribution in [0.5, 0.6) is 0 Å². The van der Waals surface area contributed by atoms with E-state index >= 15 is 0 Å². The van der Waals surface area contributed by atoms with Crippen LogP contribution in [0.1, 0.15) is 17.7 Å². The number of aryl methyl sites for hydroxylation is 2. The summed E-state index contributed by atoms with van der Waals surface area (Å²) in [5, 5.41) is 12.8. The molecule has 0 amide bonds. The summed E-state index contributed by atoms with van der Waals surface area (Å²) < 4.78 is 16.1. The highest BCUT2D eigenvalue weighted by Gasteiger charge is 2.40. The van der Waals surface area contributed by atoms with Crippen molar-refractivity contribution in [3.63, 3.8) is 0 Å². The highest BCUT2D eigenvalue weighted by molar-refractivity contribution is 6.42. The third-order valence-corrected chi connectivity index (χ3v) is 6.10. The Balaban J connectivity index is 1.85. The van der Waals surface area contributed by atoms with Gasteiger partial charge >= 0.3 is 0 Å². The summed E-state index contributed by atoms with van der Waals surface area (Å²) >= 11 is 12.6. The topological polar surface area (TPSA) is 59.0 Å². The monoisotopic (exact) mass is 420 g/mol. The molecule has 1 aliphatic heterocycles. The van der Waals surface area contributed by atoms with Gasteiger partial charge in [0.15, 0.2) is 0 Å². The van der Waals surface area contributed by atoms with Crippen LogP contribution in [0.3, 0.4) is 0 Å². The first-order valence-electron chi connectivity index (χ1n) is 8.93. The number of halogens is 3. The Morgan fingerprint density at radius 1 is 1.25 bits per heavy atom. The molecule has 4 rings (SSSR count). The van der Waals surface area contributed by atoms with Crippen LogP contribution in [0.15, 0.2) is 35.1 Å². The lowest BCUT2D eigenvalue weighted by Crippen LogP contribution is -2.39. The first kappa shape index (κ1) is 19.2. The molecule has 146 valence electrons. The van der Waals surface area contributed by atoms with E-state index in [1.54, 1.807) is 13.1 Å². The Hall–Kier alpha value is -2.15. The molecular weight excluding hydrogens is 402 g/mol. The summed E-state index contributed by atoms with van der Waals surface area (Å²) in [6.07, 6.45) is 0.620. The molecule has 3 aromatic rings. The number of fused-ring (bicyclic) bond motifs is 1. The zero-order valence-electron chi connectivity index (χ0n) is 15.4. The second-order valence-corrected chi connectivity index (χ2v) is 7.91. The van der Waals surface area contributed by atoms with Gasteiger partial charge in [0, 0.05) is 30.2 Å². The molecule has 1 saturated heterocycles. The number of nitrogens with one attached hydrogen (secondary N) is 2. The molecule has 5 nitrogen and oxygen atoms in total. The molecule has 2 heterocycles. The van der Waals surface area contributed by atoms with E-state index in [2.05, 4.69) is 15.7 Å². The minimum absolute atomic E-state index is 0.185. The average molecular weight is 421 g/mol. The predicted octanol–water partition coefficient (Wildman–Crippen LogP) is 3.99. The normalized spacial score (nSPS) is 19.3. The SMILES string of the molecule is Cc1nn(C)c(=O)c2cc(NC3(c4c(F)ccc(Cl)c4Cl)CCNC3)ccc12.